The fraction of sp³-hybridized carbons (Fsp3) is 0.143. The third-order valence-electron chi connectivity index (χ3n) is 2.98. The summed E-state index contributed by atoms with van der Waals surface area (Å²) in [5, 5.41) is 0. The van der Waals surface area contributed by atoms with Gasteiger partial charge in [0, 0.05) is 11.8 Å². The van der Waals surface area contributed by atoms with Gasteiger partial charge in [0.25, 0.3) is 0 Å². The average Bonchev–Trinajstić information content (AvgIpc) is 2.75. The molecule has 0 aliphatic carbocycles. The first-order valence-electron chi connectivity index (χ1n) is 5.62. The number of fused-ring (bicyclic) bond motifs is 1. The van der Waals surface area contributed by atoms with Crippen molar-refractivity contribution in [3.63, 3.8) is 0 Å². The van der Waals surface area contributed by atoms with Crippen LogP contribution in [0.15, 0.2) is 36.7 Å². The van der Waals surface area contributed by atoms with E-state index in [2.05, 4.69) is 34.0 Å². The van der Waals surface area contributed by atoms with Crippen LogP contribution in [-0.4, -0.2) is 15.0 Å². The molecule has 84 valence electrons. The summed E-state index contributed by atoms with van der Waals surface area (Å²) in [4.78, 5) is 12.1. The highest BCUT2D eigenvalue weighted by Gasteiger charge is 2.08. The first kappa shape index (κ1) is 10.0. The van der Waals surface area contributed by atoms with Gasteiger partial charge in [-0.1, -0.05) is 24.3 Å². The molecule has 1 N–H and O–H groups in total. The summed E-state index contributed by atoms with van der Waals surface area (Å²) < 4.78 is 0. The summed E-state index contributed by atoms with van der Waals surface area (Å²) >= 11 is 0. The Morgan fingerprint density at radius 2 is 1.82 bits per heavy atom. The number of benzene rings is 1. The molecule has 0 fully saturated rings. The molecular weight excluding hydrogens is 210 g/mol. The first-order chi connectivity index (χ1) is 8.25. The monoisotopic (exact) mass is 223 g/mol. The highest BCUT2D eigenvalue weighted by Crippen LogP contribution is 2.23. The fourth-order valence-corrected chi connectivity index (χ4v) is 2.03. The molecule has 2 heterocycles. The maximum absolute atomic E-state index is 4.65. The zero-order chi connectivity index (χ0) is 11.8. The van der Waals surface area contributed by atoms with E-state index in [9.17, 15) is 0 Å². The van der Waals surface area contributed by atoms with Gasteiger partial charge in [0.2, 0.25) is 0 Å². The zero-order valence-corrected chi connectivity index (χ0v) is 9.86. The minimum atomic E-state index is 0.911. The lowest BCUT2D eigenvalue weighted by Crippen LogP contribution is -1.84. The molecule has 0 saturated carbocycles. The summed E-state index contributed by atoms with van der Waals surface area (Å²) in [6.45, 7) is 4.12. The van der Waals surface area contributed by atoms with Gasteiger partial charge in [-0.2, -0.15) is 0 Å². The average molecular weight is 223 g/mol. The molecule has 0 bridgehead atoms. The number of hydrogen-bond acceptors (Lipinski definition) is 2. The van der Waals surface area contributed by atoms with Crippen LogP contribution < -0.4 is 0 Å². The van der Waals surface area contributed by atoms with Crippen molar-refractivity contribution in [2.24, 2.45) is 0 Å². The van der Waals surface area contributed by atoms with Crippen molar-refractivity contribution in [2.75, 3.05) is 0 Å². The van der Waals surface area contributed by atoms with Crippen molar-refractivity contribution in [3.8, 4) is 11.4 Å². The molecule has 0 saturated heterocycles. The zero-order valence-electron chi connectivity index (χ0n) is 9.86. The molecular formula is C14H13N3. The van der Waals surface area contributed by atoms with Gasteiger partial charge in [0.15, 0.2) is 0 Å². The van der Waals surface area contributed by atoms with E-state index in [-0.39, 0.29) is 0 Å². The van der Waals surface area contributed by atoms with Crippen molar-refractivity contribution in [2.45, 2.75) is 13.8 Å². The van der Waals surface area contributed by atoms with E-state index in [4.69, 9.17) is 0 Å². The smallest absolute Gasteiger partial charge is 0.138 e. The summed E-state index contributed by atoms with van der Waals surface area (Å²) in [6.07, 6.45) is 3.65. The number of aryl methyl sites for hydroxylation is 2. The quantitative estimate of drug-likeness (QED) is 0.688. The number of hydrogen-bond donors (Lipinski definition) is 1. The lowest BCUT2D eigenvalue weighted by Gasteiger charge is -2.00. The Bertz CT molecular complexity index is 683. The highest BCUT2D eigenvalue weighted by atomic mass is 14.9. The molecule has 3 nitrogen and oxygen atoms in total. The number of rotatable bonds is 1. The van der Waals surface area contributed by atoms with E-state index in [1.807, 2.05) is 31.5 Å². The molecule has 0 unspecified atom stereocenters. The molecule has 3 rings (SSSR count). The lowest BCUT2D eigenvalue weighted by molar-refractivity contribution is 1.29. The van der Waals surface area contributed by atoms with Crippen LogP contribution in [0.3, 0.4) is 0 Å². The molecule has 2 aromatic heterocycles. The predicted molar refractivity (Wildman–Crippen MR) is 68.8 cm³/mol. The van der Waals surface area contributed by atoms with Gasteiger partial charge >= 0.3 is 0 Å². The Kier molecular flexibility index (Phi) is 2.18. The standard InChI is InChI=1S/C14H13N3/c1-9-5-3-4-6-11(9)14-16-12-8-15-7-10(2)13(12)17-14/h3-8H,1-2H3,(H,16,17). The van der Waals surface area contributed by atoms with Crippen molar-refractivity contribution in [1.82, 2.24) is 15.0 Å². The fourth-order valence-electron chi connectivity index (χ4n) is 2.03. The lowest BCUT2D eigenvalue weighted by atomic mass is 10.1. The Hall–Kier alpha value is -2.16. The molecule has 0 radical (unpaired) electrons. The van der Waals surface area contributed by atoms with Gasteiger partial charge in [-0.3, -0.25) is 4.98 Å². The first-order valence-corrected chi connectivity index (χ1v) is 5.62. The number of nitrogens with zero attached hydrogens (tertiary/aromatic N) is 2. The van der Waals surface area contributed by atoms with Crippen LogP contribution in [0.25, 0.3) is 22.4 Å². The van der Waals surface area contributed by atoms with Crippen LogP contribution in [0.5, 0.6) is 0 Å². The Morgan fingerprint density at radius 3 is 2.59 bits per heavy atom. The van der Waals surface area contributed by atoms with E-state index in [1.54, 1.807) is 0 Å². The number of pyridine rings is 1. The van der Waals surface area contributed by atoms with Gasteiger partial charge in [0.1, 0.15) is 5.82 Å². The highest BCUT2D eigenvalue weighted by molar-refractivity contribution is 5.81. The van der Waals surface area contributed by atoms with Crippen LogP contribution in [0, 0.1) is 13.8 Å². The normalized spacial score (nSPS) is 10.9. The Labute approximate surface area is 99.5 Å². The Balaban J connectivity index is 2.26. The maximum atomic E-state index is 4.65. The van der Waals surface area contributed by atoms with E-state index in [1.165, 1.54) is 5.56 Å². The van der Waals surface area contributed by atoms with E-state index in [0.29, 0.717) is 0 Å². The molecule has 1 aromatic carbocycles. The van der Waals surface area contributed by atoms with Crippen LogP contribution in [-0.2, 0) is 0 Å². The summed E-state index contributed by atoms with van der Waals surface area (Å²) in [5.74, 6) is 0.911. The second-order valence-corrected chi connectivity index (χ2v) is 4.25. The summed E-state index contributed by atoms with van der Waals surface area (Å²) in [7, 11) is 0. The van der Waals surface area contributed by atoms with Crippen LogP contribution in [0.1, 0.15) is 11.1 Å². The number of aromatic amines is 1. The second kappa shape index (κ2) is 3.70. The summed E-state index contributed by atoms with van der Waals surface area (Å²) in [5.41, 5.74) is 5.44. The number of aromatic nitrogens is 3. The van der Waals surface area contributed by atoms with Crippen LogP contribution >= 0.6 is 0 Å². The number of H-pyrrole nitrogens is 1. The predicted octanol–water partition coefficient (Wildman–Crippen LogP) is 3.24. The topological polar surface area (TPSA) is 41.6 Å². The molecule has 17 heavy (non-hydrogen) atoms. The van der Waals surface area contributed by atoms with E-state index < -0.39 is 0 Å². The maximum Gasteiger partial charge on any atom is 0.138 e. The summed E-state index contributed by atoms with van der Waals surface area (Å²) in [6, 6.07) is 8.23. The number of imidazole rings is 1. The molecule has 0 spiro atoms. The van der Waals surface area contributed by atoms with Gasteiger partial charge in [-0.25, -0.2) is 4.98 Å². The van der Waals surface area contributed by atoms with Gasteiger partial charge in [-0.05, 0) is 25.0 Å². The van der Waals surface area contributed by atoms with E-state index >= 15 is 0 Å². The molecule has 0 atom stereocenters. The largest absolute Gasteiger partial charge is 0.337 e. The third-order valence-corrected chi connectivity index (χ3v) is 2.98. The van der Waals surface area contributed by atoms with Crippen molar-refractivity contribution in [1.29, 1.82) is 0 Å². The minimum absolute atomic E-state index is 0.911. The molecule has 0 aliphatic rings. The minimum Gasteiger partial charge on any atom is -0.337 e. The van der Waals surface area contributed by atoms with Gasteiger partial charge in [-0.15, -0.1) is 0 Å². The van der Waals surface area contributed by atoms with Crippen molar-refractivity contribution in [3.05, 3.63) is 47.8 Å². The molecule has 0 amide bonds. The Morgan fingerprint density at radius 1 is 1.00 bits per heavy atom. The number of nitrogens with one attached hydrogen (secondary N) is 1. The second-order valence-electron chi connectivity index (χ2n) is 4.25. The van der Waals surface area contributed by atoms with Crippen molar-refractivity contribution < 1.29 is 0 Å². The van der Waals surface area contributed by atoms with E-state index in [0.717, 1.165) is 28.0 Å². The SMILES string of the molecule is Cc1ccccc1-c1nc2c(C)cncc2[nH]1. The molecule has 3 aromatic rings. The van der Waals surface area contributed by atoms with Gasteiger partial charge in [0.05, 0.1) is 17.2 Å². The van der Waals surface area contributed by atoms with Gasteiger partial charge < -0.3 is 4.98 Å². The van der Waals surface area contributed by atoms with Crippen molar-refractivity contribution >= 4 is 11.0 Å². The molecule has 3 heteroatoms. The molecule has 0 aliphatic heterocycles. The third kappa shape index (κ3) is 1.60. The van der Waals surface area contributed by atoms with Crippen LogP contribution in [0.4, 0.5) is 0 Å². The van der Waals surface area contributed by atoms with Crippen LogP contribution in [0.2, 0.25) is 0 Å².